The van der Waals surface area contributed by atoms with Crippen LogP contribution in [0.1, 0.15) is 72.4 Å². The molecular formula is C25H37N3O4. The second-order valence-electron chi connectivity index (χ2n) is 9.02. The normalized spacial score (nSPS) is 12.9. The number of benzene rings is 1. The predicted molar refractivity (Wildman–Crippen MR) is 125 cm³/mol. The van der Waals surface area contributed by atoms with Crippen molar-refractivity contribution in [2.24, 2.45) is 5.92 Å². The summed E-state index contributed by atoms with van der Waals surface area (Å²) in [7, 11) is 0. The monoisotopic (exact) mass is 443 g/mol. The highest BCUT2D eigenvalue weighted by Gasteiger charge is 2.37. The van der Waals surface area contributed by atoms with E-state index in [-0.39, 0.29) is 11.8 Å². The van der Waals surface area contributed by atoms with Gasteiger partial charge in [0.1, 0.15) is 17.7 Å². The number of carbonyl (C=O) groups is 3. The SMILES string of the molecule is C#CN(C(=O)C(NC(=O)OC(C)(C)C)C(C)C)C(C(=O)NCCCCC)c1ccccc1. The van der Waals surface area contributed by atoms with Gasteiger partial charge in [-0.1, -0.05) is 70.4 Å². The molecule has 0 aliphatic carbocycles. The highest BCUT2D eigenvalue weighted by molar-refractivity contribution is 5.93. The zero-order chi connectivity index (χ0) is 24.3. The van der Waals surface area contributed by atoms with Crippen molar-refractivity contribution in [1.82, 2.24) is 15.5 Å². The van der Waals surface area contributed by atoms with Crippen molar-refractivity contribution in [3.8, 4) is 12.5 Å². The number of hydrogen-bond acceptors (Lipinski definition) is 4. The second kappa shape index (κ2) is 12.7. The quantitative estimate of drug-likeness (QED) is 0.325. The summed E-state index contributed by atoms with van der Waals surface area (Å²) in [5, 5.41) is 5.50. The third-order valence-corrected chi connectivity index (χ3v) is 4.68. The highest BCUT2D eigenvalue weighted by atomic mass is 16.6. The lowest BCUT2D eigenvalue weighted by atomic mass is 9.99. The summed E-state index contributed by atoms with van der Waals surface area (Å²) >= 11 is 0. The maximum absolute atomic E-state index is 13.4. The Morgan fingerprint density at radius 3 is 2.25 bits per heavy atom. The first-order valence-electron chi connectivity index (χ1n) is 11.1. The maximum atomic E-state index is 13.4. The van der Waals surface area contributed by atoms with Gasteiger partial charge in [-0.3, -0.25) is 14.5 Å². The van der Waals surface area contributed by atoms with E-state index in [0.29, 0.717) is 12.1 Å². The number of unbranched alkanes of at least 4 members (excludes halogenated alkanes) is 2. The molecule has 0 bridgehead atoms. The molecule has 32 heavy (non-hydrogen) atoms. The molecular weight excluding hydrogens is 406 g/mol. The van der Waals surface area contributed by atoms with E-state index in [2.05, 4.69) is 23.6 Å². The third kappa shape index (κ3) is 8.62. The molecule has 0 aliphatic rings. The lowest BCUT2D eigenvalue weighted by molar-refractivity contribution is -0.139. The zero-order valence-electron chi connectivity index (χ0n) is 20.1. The van der Waals surface area contributed by atoms with Crippen LogP contribution in [0.15, 0.2) is 30.3 Å². The highest BCUT2D eigenvalue weighted by Crippen LogP contribution is 2.23. The van der Waals surface area contributed by atoms with E-state index in [1.165, 1.54) is 0 Å². The zero-order valence-corrected chi connectivity index (χ0v) is 20.1. The molecule has 2 unspecified atom stereocenters. The molecule has 0 saturated carbocycles. The van der Waals surface area contributed by atoms with Crippen LogP contribution in [0.25, 0.3) is 0 Å². The van der Waals surface area contributed by atoms with Crippen LogP contribution in [0, 0.1) is 18.4 Å². The lowest BCUT2D eigenvalue weighted by Gasteiger charge is -2.31. The fraction of sp³-hybridized carbons (Fsp3) is 0.560. The van der Waals surface area contributed by atoms with Gasteiger partial charge in [-0.25, -0.2) is 4.79 Å². The van der Waals surface area contributed by atoms with Crippen LogP contribution in [-0.2, 0) is 14.3 Å². The van der Waals surface area contributed by atoms with Gasteiger partial charge in [-0.05, 0) is 38.7 Å². The van der Waals surface area contributed by atoms with Crippen molar-refractivity contribution in [3.05, 3.63) is 35.9 Å². The summed E-state index contributed by atoms with van der Waals surface area (Å²) in [6.45, 7) is 11.4. The fourth-order valence-electron chi connectivity index (χ4n) is 3.10. The fourth-order valence-corrected chi connectivity index (χ4v) is 3.10. The van der Waals surface area contributed by atoms with Crippen molar-refractivity contribution in [2.45, 2.75) is 78.5 Å². The molecule has 0 heterocycles. The molecule has 0 saturated heterocycles. The first-order chi connectivity index (χ1) is 15.0. The summed E-state index contributed by atoms with van der Waals surface area (Å²) in [5.41, 5.74) is -0.127. The predicted octanol–water partition coefficient (Wildman–Crippen LogP) is 4.00. The van der Waals surface area contributed by atoms with Crippen molar-refractivity contribution < 1.29 is 19.1 Å². The average molecular weight is 444 g/mol. The minimum absolute atomic E-state index is 0.282. The molecule has 3 amide bonds. The van der Waals surface area contributed by atoms with Gasteiger partial charge < -0.3 is 15.4 Å². The number of nitrogens with one attached hydrogen (secondary N) is 2. The minimum atomic E-state index is -1.02. The standard InChI is InChI=1S/C25H37N3O4/c1-8-10-14-17-26-22(29)21(19-15-12-11-13-16-19)28(9-2)23(30)20(18(3)4)27-24(31)32-25(5,6)7/h2,11-13,15-16,18,20-21H,8,10,14,17H2,1,3-7H3,(H,26,29)(H,27,31). The van der Waals surface area contributed by atoms with E-state index in [9.17, 15) is 14.4 Å². The number of terminal acetylenes is 1. The van der Waals surface area contributed by atoms with E-state index in [0.717, 1.165) is 24.2 Å². The molecule has 0 spiro atoms. The van der Waals surface area contributed by atoms with Crippen LogP contribution in [-0.4, -0.2) is 41.0 Å². The lowest BCUT2D eigenvalue weighted by Crippen LogP contribution is -2.53. The summed E-state index contributed by atoms with van der Waals surface area (Å²) < 4.78 is 5.30. The van der Waals surface area contributed by atoms with Gasteiger partial charge in [-0.15, -0.1) is 0 Å². The Bertz CT molecular complexity index is 794. The van der Waals surface area contributed by atoms with Crippen LogP contribution in [0.3, 0.4) is 0 Å². The van der Waals surface area contributed by atoms with Gasteiger partial charge in [-0.2, -0.15) is 0 Å². The molecule has 0 fully saturated rings. The Hall–Kier alpha value is -3.01. The molecule has 2 atom stereocenters. The van der Waals surface area contributed by atoms with Gasteiger partial charge in [0.15, 0.2) is 0 Å². The number of nitrogens with zero attached hydrogens (tertiary/aromatic N) is 1. The van der Waals surface area contributed by atoms with E-state index in [1.807, 2.05) is 6.07 Å². The van der Waals surface area contributed by atoms with Crippen LogP contribution in [0.2, 0.25) is 0 Å². The van der Waals surface area contributed by atoms with Gasteiger partial charge >= 0.3 is 6.09 Å². The molecule has 1 rings (SSSR count). The van der Waals surface area contributed by atoms with Crippen molar-refractivity contribution in [3.63, 3.8) is 0 Å². The molecule has 2 N–H and O–H groups in total. The average Bonchev–Trinajstić information content (AvgIpc) is 2.71. The number of amides is 3. The molecule has 7 heteroatoms. The number of hydrogen-bond donors (Lipinski definition) is 2. The molecule has 1 aromatic rings. The topological polar surface area (TPSA) is 87.7 Å². The summed E-state index contributed by atoms with van der Waals surface area (Å²) in [6, 6.07) is 9.28. The van der Waals surface area contributed by atoms with Crippen molar-refractivity contribution >= 4 is 17.9 Å². The first-order valence-corrected chi connectivity index (χ1v) is 11.1. The van der Waals surface area contributed by atoms with E-state index in [1.54, 1.807) is 58.9 Å². The molecule has 1 aromatic carbocycles. The maximum Gasteiger partial charge on any atom is 0.408 e. The molecule has 0 radical (unpaired) electrons. The Morgan fingerprint density at radius 1 is 1.12 bits per heavy atom. The van der Waals surface area contributed by atoms with E-state index < -0.39 is 29.7 Å². The minimum Gasteiger partial charge on any atom is -0.444 e. The van der Waals surface area contributed by atoms with Gasteiger partial charge in [0, 0.05) is 12.6 Å². The Morgan fingerprint density at radius 2 is 1.75 bits per heavy atom. The van der Waals surface area contributed by atoms with Gasteiger partial charge in [0.25, 0.3) is 5.91 Å². The summed E-state index contributed by atoms with van der Waals surface area (Å²) in [5.74, 6) is -1.20. The smallest absolute Gasteiger partial charge is 0.408 e. The molecule has 0 aromatic heterocycles. The van der Waals surface area contributed by atoms with Crippen LogP contribution >= 0.6 is 0 Å². The molecule has 0 aliphatic heterocycles. The Kier molecular flexibility index (Phi) is 10.8. The van der Waals surface area contributed by atoms with E-state index >= 15 is 0 Å². The van der Waals surface area contributed by atoms with Crippen molar-refractivity contribution in [2.75, 3.05) is 6.54 Å². The Labute approximate surface area is 192 Å². The largest absolute Gasteiger partial charge is 0.444 e. The summed E-state index contributed by atoms with van der Waals surface area (Å²) in [4.78, 5) is 39.9. The van der Waals surface area contributed by atoms with Crippen LogP contribution in [0.5, 0.6) is 0 Å². The number of rotatable bonds is 10. The third-order valence-electron chi connectivity index (χ3n) is 4.68. The summed E-state index contributed by atoms with van der Waals surface area (Å²) in [6.07, 6.45) is 7.86. The second-order valence-corrected chi connectivity index (χ2v) is 9.02. The first kappa shape index (κ1) is 27.0. The molecule has 7 nitrogen and oxygen atoms in total. The van der Waals surface area contributed by atoms with Crippen LogP contribution < -0.4 is 10.6 Å². The number of carbonyl (C=O) groups excluding carboxylic acids is 3. The van der Waals surface area contributed by atoms with Crippen LogP contribution in [0.4, 0.5) is 4.79 Å². The number of alkyl carbamates (subject to hydrolysis) is 1. The molecule has 176 valence electrons. The van der Waals surface area contributed by atoms with Gasteiger partial charge in [0.05, 0.1) is 0 Å². The van der Waals surface area contributed by atoms with Crippen molar-refractivity contribution in [1.29, 1.82) is 0 Å². The van der Waals surface area contributed by atoms with E-state index in [4.69, 9.17) is 11.2 Å². The Balaban J connectivity index is 3.18. The van der Waals surface area contributed by atoms with Gasteiger partial charge in [0.2, 0.25) is 5.91 Å². The number of ether oxygens (including phenoxy) is 1.